The zero-order valence-electron chi connectivity index (χ0n) is 15.4. The minimum atomic E-state index is -1.62. The highest BCUT2D eigenvalue weighted by Gasteiger charge is 2.61. The molecule has 0 radical (unpaired) electrons. The SMILES string of the molecule is CCC(C)OC(=O)[C@H]1C[C@]2(CC(=O)OC(C)(C)C)OC(=O)[C@H]1CC2=O. The van der Waals surface area contributed by atoms with E-state index in [-0.39, 0.29) is 31.1 Å². The van der Waals surface area contributed by atoms with Crippen LogP contribution in [0.4, 0.5) is 0 Å². The highest BCUT2D eigenvalue weighted by Crippen LogP contribution is 2.46. The summed E-state index contributed by atoms with van der Waals surface area (Å²) in [4.78, 5) is 49.2. The molecule has 7 heteroatoms. The van der Waals surface area contributed by atoms with E-state index in [9.17, 15) is 19.2 Å². The van der Waals surface area contributed by atoms with Gasteiger partial charge in [-0.3, -0.25) is 19.2 Å². The van der Waals surface area contributed by atoms with E-state index >= 15 is 0 Å². The summed E-state index contributed by atoms with van der Waals surface area (Å²) in [5.74, 6) is -3.71. The number of rotatable bonds is 5. The van der Waals surface area contributed by atoms with Crippen LogP contribution in [0, 0.1) is 11.8 Å². The van der Waals surface area contributed by atoms with E-state index in [1.165, 1.54) is 0 Å². The van der Waals surface area contributed by atoms with Crippen LogP contribution in [-0.2, 0) is 33.4 Å². The lowest BCUT2D eigenvalue weighted by atomic mass is 9.66. The average Bonchev–Trinajstić information content (AvgIpc) is 2.46. The van der Waals surface area contributed by atoms with Crippen molar-refractivity contribution >= 4 is 23.7 Å². The van der Waals surface area contributed by atoms with E-state index in [1.807, 2.05) is 6.92 Å². The molecule has 1 aliphatic carbocycles. The van der Waals surface area contributed by atoms with Crippen molar-refractivity contribution in [2.45, 2.75) is 77.6 Å². The summed E-state index contributed by atoms with van der Waals surface area (Å²) >= 11 is 0. The summed E-state index contributed by atoms with van der Waals surface area (Å²) in [6.45, 7) is 8.77. The Morgan fingerprint density at radius 3 is 2.52 bits per heavy atom. The Labute approximate surface area is 147 Å². The van der Waals surface area contributed by atoms with Crippen molar-refractivity contribution in [2.75, 3.05) is 0 Å². The highest BCUT2D eigenvalue weighted by atomic mass is 16.6. The normalized spacial score (nSPS) is 29.8. The van der Waals surface area contributed by atoms with Crippen LogP contribution in [-0.4, -0.2) is 41.0 Å². The van der Waals surface area contributed by atoms with Crippen molar-refractivity contribution in [1.82, 2.24) is 0 Å². The van der Waals surface area contributed by atoms with Gasteiger partial charge in [-0.1, -0.05) is 6.92 Å². The summed E-state index contributed by atoms with van der Waals surface area (Å²) in [6, 6.07) is 0. The third-order valence-corrected chi connectivity index (χ3v) is 4.59. The molecule has 0 aromatic carbocycles. The molecule has 0 aromatic rings. The number of ketones is 1. The van der Waals surface area contributed by atoms with Gasteiger partial charge in [0.25, 0.3) is 0 Å². The predicted octanol–water partition coefficient (Wildman–Crippen LogP) is 1.95. The lowest BCUT2D eigenvalue weighted by Crippen LogP contribution is -2.61. The van der Waals surface area contributed by atoms with Gasteiger partial charge < -0.3 is 14.2 Å². The highest BCUT2D eigenvalue weighted by molar-refractivity contribution is 6.02. The summed E-state index contributed by atoms with van der Waals surface area (Å²) in [7, 11) is 0. The lowest BCUT2D eigenvalue weighted by Gasteiger charge is -2.46. The molecule has 140 valence electrons. The third-order valence-electron chi connectivity index (χ3n) is 4.59. The topological polar surface area (TPSA) is 96.0 Å². The first kappa shape index (κ1) is 19.4. The summed E-state index contributed by atoms with van der Waals surface area (Å²) in [6.07, 6.45) is -0.149. The molecular weight excluding hydrogens is 328 g/mol. The molecule has 1 saturated carbocycles. The fourth-order valence-electron chi connectivity index (χ4n) is 3.19. The predicted molar refractivity (Wildman–Crippen MR) is 86.4 cm³/mol. The van der Waals surface area contributed by atoms with E-state index in [2.05, 4.69) is 0 Å². The maximum absolute atomic E-state index is 12.4. The smallest absolute Gasteiger partial charge is 0.311 e. The number of hydrogen-bond acceptors (Lipinski definition) is 7. The van der Waals surface area contributed by atoms with Crippen LogP contribution in [0.25, 0.3) is 0 Å². The molecule has 0 spiro atoms. The van der Waals surface area contributed by atoms with Crippen molar-refractivity contribution in [3.05, 3.63) is 0 Å². The van der Waals surface area contributed by atoms with E-state index in [0.717, 1.165) is 0 Å². The van der Waals surface area contributed by atoms with Crippen LogP contribution in [0.3, 0.4) is 0 Å². The summed E-state index contributed by atoms with van der Waals surface area (Å²) < 4.78 is 15.9. The summed E-state index contributed by atoms with van der Waals surface area (Å²) in [5.41, 5.74) is -2.34. The molecule has 0 N–H and O–H groups in total. The average molecular weight is 354 g/mol. The molecule has 0 amide bonds. The van der Waals surface area contributed by atoms with Gasteiger partial charge in [0.15, 0.2) is 11.4 Å². The van der Waals surface area contributed by atoms with Crippen LogP contribution >= 0.6 is 0 Å². The van der Waals surface area contributed by atoms with Gasteiger partial charge >= 0.3 is 17.9 Å². The van der Waals surface area contributed by atoms with Gasteiger partial charge in [-0.2, -0.15) is 0 Å². The molecule has 3 fully saturated rings. The molecule has 3 aliphatic rings. The fraction of sp³-hybridized carbons (Fsp3) is 0.778. The van der Waals surface area contributed by atoms with Gasteiger partial charge in [0.1, 0.15) is 5.60 Å². The Morgan fingerprint density at radius 2 is 1.96 bits per heavy atom. The number of Topliss-reactive ketones (excluding diaryl/α,β-unsaturated/α-hetero) is 1. The quantitative estimate of drug-likeness (QED) is 0.550. The van der Waals surface area contributed by atoms with Crippen molar-refractivity contribution in [2.24, 2.45) is 11.8 Å². The molecule has 7 nitrogen and oxygen atoms in total. The van der Waals surface area contributed by atoms with Crippen LogP contribution in [0.5, 0.6) is 0 Å². The number of carbonyl (C=O) groups is 4. The first-order valence-electron chi connectivity index (χ1n) is 8.66. The number of ether oxygens (including phenoxy) is 3. The van der Waals surface area contributed by atoms with Gasteiger partial charge in [0.2, 0.25) is 0 Å². The molecule has 1 unspecified atom stereocenters. The van der Waals surface area contributed by atoms with Gasteiger partial charge in [0, 0.05) is 12.8 Å². The molecular formula is C18H26O7. The second-order valence-corrected chi connectivity index (χ2v) is 7.88. The van der Waals surface area contributed by atoms with E-state index in [4.69, 9.17) is 14.2 Å². The van der Waals surface area contributed by atoms with Gasteiger partial charge in [-0.15, -0.1) is 0 Å². The Morgan fingerprint density at radius 1 is 1.32 bits per heavy atom. The molecule has 2 saturated heterocycles. The molecule has 0 aromatic heterocycles. The Hall–Kier alpha value is -1.92. The number of carbonyl (C=O) groups excluding carboxylic acids is 4. The first-order valence-corrected chi connectivity index (χ1v) is 8.66. The second-order valence-electron chi connectivity index (χ2n) is 7.88. The number of esters is 3. The van der Waals surface area contributed by atoms with Crippen molar-refractivity contribution in [1.29, 1.82) is 0 Å². The first-order chi connectivity index (χ1) is 11.5. The fourth-order valence-corrected chi connectivity index (χ4v) is 3.19. The lowest BCUT2D eigenvalue weighted by molar-refractivity contribution is -0.207. The zero-order chi connectivity index (χ0) is 19.0. The molecule has 2 bridgehead atoms. The molecule has 2 heterocycles. The van der Waals surface area contributed by atoms with E-state index < -0.39 is 40.9 Å². The third kappa shape index (κ3) is 4.19. The van der Waals surface area contributed by atoms with Gasteiger partial charge in [-0.05, 0) is 34.1 Å². The Kier molecular flexibility index (Phi) is 5.25. The zero-order valence-corrected chi connectivity index (χ0v) is 15.4. The maximum Gasteiger partial charge on any atom is 0.311 e. The van der Waals surface area contributed by atoms with E-state index in [1.54, 1.807) is 27.7 Å². The van der Waals surface area contributed by atoms with Gasteiger partial charge in [-0.25, -0.2) is 0 Å². The van der Waals surface area contributed by atoms with Gasteiger partial charge in [0.05, 0.1) is 24.4 Å². The second kappa shape index (κ2) is 6.77. The van der Waals surface area contributed by atoms with Crippen molar-refractivity contribution in [3.63, 3.8) is 0 Å². The summed E-state index contributed by atoms with van der Waals surface area (Å²) in [5, 5.41) is 0. The van der Waals surface area contributed by atoms with Crippen LogP contribution < -0.4 is 0 Å². The Bertz CT molecular complexity index is 589. The van der Waals surface area contributed by atoms with Crippen LogP contribution in [0.1, 0.15) is 60.3 Å². The molecule has 4 atom stereocenters. The van der Waals surface area contributed by atoms with Crippen molar-refractivity contribution < 1.29 is 33.4 Å². The molecule has 25 heavy (non-hydrogen) atoms. The standard InChI is InChI=1S/C18H26O7/c1-6-10(2)23-15(21)12-8-18(9-14(20)24-17(3,4)5)13(19)7-11(12)16(22)25-18/h10-12H,6-9H2,1-5H3/t10?,11-,12-,18+/m0/s1. The molecule has 3 rings (SSSR count). The minimum absolute atomic E-state index is 0.0310. The van der Waals surface area contributed by atoms with Crippen LogP contribution in [0.2, 0.25) is 0 Å². The van der Waals surface area contributed by atoms with Crippen LogP contribution in [0.15, 0.2) is 0 Å². The Balaban J connectivity index is 2.19. The molecule has 2 aliphatic heterocycles. The maximum atomic E-state index is 12.4. The van der Waals surface area contributed by atoms with E-state index in [0.29, 0.717) is 6.42 Å². The number of fused-ring (bicyclic) bond motifs is 3. The largest absolute Gasteiger partial charge is 0.462 e. The minimum Gasteiger partial charge on any atom is -0.462 e. The number of hydrogen-bond donors (Lipinski definition) is 0. The monoisotopic (exact) mass is 354 g/mol. The van der Waals surface area contributed by atoms with Crippen molar-refractivity contribution in [3.8, 4) is 0 Å².